The summed E-state index contributed by atoms with van der Waals surface area (Å²) in [4.78, 5) is 90.8. The summed E-state index contributed by atoms with van der Waals surface area (Å²) in [6.45, 7) is 19.3. The molecule has 1 fully saturated rings. The Morgan fingerprint density at radius 3 is 1.84 bits per heavy atom. The SMILES string of the molecule is COC(=O)C1O[C@@H](CCc2cc(NC(=O)C(C)NC(=O)C(NC(=O)OCC3c4ccccc4-c4ccccc43)C(C)C)ccc2CO[Si](C)(C)C(C)(C)C)[C@H](OC(C)=O)[C@@H](OC(C)=O)[C@@H]1OC(C)=O. The Labute approximate surface area is 405 Å². The lowest BCUT2D eigenvalue weighted by atomic mass is 9.90. The van der Waals surface area contributed by atoms with Crippen LogP contribution in [0.25, 0.3) is 11.1 Å². The second-order valence-electron chi connectivity index (χ2n) is 19.3. The molecule has 0 bridgehead atoms. The van der Waals surface area contributed by atoms with Crippen molar-refractivity contribution in [3.8, 4) is 11.1 Å². The molecule has 3 aromatic rings. The average molecular weight is 974 g/mol. The number of carbonyl (C=O) groups excluding carboxylic acids is 7. The van der Waals surface area contributed by atoms with Gasteiger partial charge < -0.3 is 48.8 Å². The molecule has 18 heteroatoms. The molecular weight excluding hydrogens is 907 g/mol. The number of methoxy groups -OCH3 is 1. The summed E-state index contributed by atoms with van der Waals surface area (Å²) >= 11 is 0. The first-order chi connectivity index (χ1) is 32.4. The fourth-order valence-corrected chi connectivity index (χ4v) is 9.15. The number of anilines is 1. The summed E-state index contributed by atoms with van der Waals surface area (Å²) in [5.74, 6) is -4.91. The van der Waals surface area contributed by atoms with Crippen molar-refractivity contribution in [1.82, 2.24) is 10.6 Å². The lowest BCUT2D eigenvalue weighted by molar-refractivity contribution is -0.249. The van der Waals surface area contributed by atoms with E-state index in [-0.39, 0.29) is 42.9 Å². The Hall–Kier alpha value is -6.11. The highest BCUT2D eigenvalue weighted by molar-refractivity contribution is 6.74. The van der Waals surface area contributed by atoms with Crippen molar-refractivity contribution in [2.75, 3.05) is 19.0 Å². The predicted octanol–water partition coefficient (Wildman–Crippen LogP) is 6.88. The van der Waals surface area contributed by atoms with Crippen LogP contribution in [0.5, 0.6) is 0 Å². The van der Waals surface area contributed by atoms with Gasteiger partial charge in [-0.05, 0) is 89.3 Å². The van der Waals surface area contributed by atoms with Gasteiger partial charge in [0.15, 0.2) is 32.7 Å². The molecule has 1 aliphatic carbocycles. The van der Waals surface area contributed by atoms with Crippen molar-refractivity contribution < 1.29 is 66.4 Å². The molecule has 1 heterocycles. The maximum atomic E-state index is 13.7. The van der Waals surface area contributed by atoms with Crippen LogP contribution in [0.15, 0.2) is 66.7 Å². The molecule has 3 aromatic carbocycles. The van der Waals surface area contributed by atoms with E-state index in [2.05, 4.69) is 49.8 Å². The predicted molar refractivity (Wildman–Crippen MR) is 257 cm³/mol. The Morgan fingerprint density at radius 1 is 0.725 bits per heavy atom. The number of aryl methyl sites for hydroxylation is 1. The van der Waals surface area contributed by atoms with E-state index in [1.54, 1.807) is 26.0 Å². The number of alkyl carbamates (subject to hydrolysis) is 1. The van der Waals surface area contributed by atoms with Crippen LogP contribution < -0.4 is 16.0 Å². The Balaban J connectivity index is 1.32. The van der Waals surface area contributed by atoms with E-state index in [1.807, 2.05) is 54.6 Å². The van der Waals surface area contributed by atoms with Crippen LogP contribution in [0.2, 0.25) is 18.1 Å². The van der Waals surface area contributed by atoms with Crippen LogP contribution in [0.4, 0.5) is 10.5 Å². The zero-order chi connectivity index (χ0) is 51.0. The van der Waals surface area contributed by atoms with Gasteiger partial charge in [0.25, 0.3) is 0 Å². The van der Waals surface area contributed by atoms with Crippen molar-refractivity contribution in [3.05, 3.63) is 89.0 Å². The number of hydrogen-bond donors (Lipinski definition) is 3. The van der Waals surface area contributed by atoms with Gasteiger partial charge >= 0.3 is 30.0 Å². The maximum Gasteiger partial charge on any atom is 0.407 e. The Kier molecular flexibility index (Phi) is 17.9. The molecule has 0 saturated carbocycles. The zero-order valence-electron chi connectivity index (χ0n) is 41.6. The number of ether oxygens (including phenoxy) is 6. The van der Waals surface area contributed by atoms with Gasteiger partial charge in [-0.15, -0.1) is 0 Å². The number of nitrogens with one attached hydrogen (secondary N) is 3. The molecule has 1 aliphatic heterocycles. The van der Waals surface area contributed by atoms with E-state index in [4.69, 9.17) is 32.8 Å². The third kappa shape index (κ3) is 13.6. The first kappa shape index (κ1) is 53.8. The third-order valence-corrected chi connectivity index (χ3v) is 17.3. The van der Waals surface area contributed by atoms with Crippen molar-refractivity contribution in [2.45, 2.75) is 148 Å². The number of benzene rings is 3. The number of fused-ring (bicyclic) bond motifs is 3. The van der Waals surface area contributed by atoms with E-state index >= 15 is 0 Å². The molecular formula is C51H67N3O14Si. The van der Waals surface area contributed by atoms with Crippen molar-refractivity contribution >= 4 is 55.8 Å². The number of hydrogen-bond acceptors (Lipinski definition) is 14. The monoisotopic (exact) mass is 973 g/mol. The first-order valence-electron chi connectivity index (χ1n) is 23.2. The molecule has 2 aliphatic rings. The van der Waals surface area contributed by atoms with Gasteiger partial charge in [0.1, 0.15) is 18.7 Å². The maximum absolute atomic E-state index is 13.7. The van der Waals surface area contributed by atoms with E-state index in [0.717, 1.165) is 55.7 Å². The molecule has 0 aromatic heterocycles. The van der Waals surface area contributed by atoms with Crippen LogP contribution in [0.3, 0.4) is 0 Å². The van der Waals surface area contributed by atoms with Gasteiger partial charge in [0, 0.05) is 32.4 Å². The zero-order valence-corrected chi connectivity index (χ0v) is 42.6. The minimum absolute atomic E-state index is 0.0636. The van der Waals surface area contributed by atoms with Gasteiger partial charge in [-0.1, -0.05) is 89.2 Å². The summed E-state index contributed by atoms with van der Waals surface area (Å²) < 4.78 is 40.1. The molecule has 0 spiro atoms. The topological polar surface area (TPSA) is 220 Å². The van der Waals surface area contributed by atoms with Gasteiger partial charge in [-0.2, -0.15) is 0 Å². The van der Waals surface area contributed by atoms with Crippen LogP contribution in [-0.2, 0) is 74.6 Å². The molecule has 1 saturated heterocycles. The van der Waals surface area contributed by atoms with Crippen molar-refractivity contribution in [1.29, 1.82) is 0 Å². The van der Waals surface area contributed by atoms with Crippen LogP contribution in [0.1, 0.15) is 96.9 Å². The van der Waals surface area contributed by atoms with Crippen LogP contribution >= 0.6 is 0 Å². The molecule has 3 unspecified atom stereocenters. The standard InChI is InChI=1S/C51H67N3O14Si/c1-28(2)42(54-50(61)63-27-40-38-19-15-13-17-36(38)37-18-14-16-20-39(37)40)48(59)52-29(3)47(58)53-35-23-21-34(26-64-69(11,12)51(7,8)9)33(25-35)22-24-41-43(65-30(4)55)44(66-31(5)56)45(67-32(6)57)46(68-41)49(60)62-10/h13-21,23,25,28-29,40-46H,22,24,26-27H2,1-12H3,(H,52,59)(H,53,58)(H,54,61)/t29?,41-,42?,43-,44+,45-,46?/m0/s1. The summed E-state index contributed by atoms with van der Waals surface area (Å²) in [6.07, 6.45) is -7.39. The van der Waals surface area contributed by atoms with Gasteiger partial charge in [-0.25, -0.2) is 9.59 Å². The second kappa shape index (κ2) is 23.0. The first-order valence-corrected chi connectivity index (χ1v) is 26.1. The minimum atomic E-state index is -2.27. The van der Waals surface area contributed by atoms with E-state index in [0.29, 0.717) is 11.3 Å². The molecule has 0 radical (unpaired) electrons. The highest BCUT2D eigenvalue weighted by Crippen LogP contribution is 2.44. The summed E-state index contributed by atoms with van der Waals surface area (Å²) in [5, 5.41) is 8.19. The molecule has 5 rings (SSSR count). The number of rotatable bonds is 18. The van der Waals surface area contributed by atoms with Gasteiger partial charge in [-0.3, -0.25) is 24.0 Å². The van der Waals surface area contributed by atoms with Crippen molar-refractivity contribution in [3.63, 3.8) is 0 Å². The number of amides is 3. The van der Waals surface area contributed by atoms with Crippen LogP contribution in [0, 0.1) is 5.92 Å². The molecule has 374 valence electrons. The lowest BCUT2D eigenvalue weighted by Gasteiger charge is -2.43. The third-order valence-electron chi connectivity index (χ3n) is 12.9. The molecule has 69 heavy (non-hydrogen) atoms. The fourth-order valence-electron chi connectivity index (χ4n) is 8.20. The second-order valence-corrected chi connectivity index (χ2v) is 24.1. The Morgan fingerprint density at radius 2 is 1.29 bits per heavy atom. The molecule has 17 nitrogen and oxygen atoms in total. The fraction of sp³-hybridized carbons (Fsp3) is 0.510. The largest absolute Gasteiger partial charge is 0.467 e. The number of esters is 4. The summed E-state index contributed by atoms with van der Waals surface area (Å²) in [6, 6.07) is 19.2. The quantitative estimate of drug-likeness (QED) is 0.0672. The highest BCUT2D eigenvalue weighted by Gasteiger charge is 2.54. The average Bonchev–Trinajstić information content (AvgIpc) is 3.59. The van der Waals surface area contributed by atoms with E-state index < -0.39 is 92.7 Å². The Bertz CT molecular complexity index is 2340. The summed E-state index contributed by atoms with van der Waals surface area (Å²) in [5.41, 5.74) is 6.13. The molecule has 3 N–H and O–H groups in total. The molecule has 3 amide bonds. The highest BCUT2D eigenvalue weighted by atomic mass is 28.4. The number of carbonyl (C=O) groups is 7. The molecule has 7 atom stereocenters. The van der Waals surface area contributed by atoms with Crippen LogP contribution in [-0.4, -0.2) is 106 Å². The minimum Gasteiger partial charge on any atom is -0.467 e. The smallest absolute Gasteiger partial charge is 0.407 e. The summed E-state index contributed by atoms with van der Waals surface area (Å²) in [7, 11) is -1.15. The van der Waals surface area contributed by atoms with E-state index in [9.17, 15) is 33.6 Å². The van der Waals surface area contributed by atoms with E-state index in [1.165, 1.54) is 6.92 Å². The normalized spacial score (nSPS) is 19.8. The van der Waals surface area contributed by atoms with Gasteiger partial charge in [0.2, 0.25) is 11.8 Å². The van der Waals surface area contributed by atoms with Crippen molar-refractivity contribution in [2.24, 2.45) is 5.92 Å². The lowest BCUT2D eigenvalue weighted by Crippen LogP contribution is -2.63. The van der Waals surface area contributed by atoms with Gasteiger partial charge in [0.05, 0.1) is 19.8 Å².